The third-order valence-electron chi connectivity index (χ3n) is 3.77. The first kappa shape index (κ1) is 20.6. The lowest BCUT2D eigenvalue weighted by molar-refractivity contribution is -0.122. The summed E-state index contributed by atoms with van der Waals surface area (Å²) in [5, 5.41) is 5.51. The molecule has 6 nitrogen and oxygen atoms in total. The van der Waals surface area contributed by atoms with E-state index >= 15 is 0 Å². The Bertz CT molecular complexity index is 748. The number of benzene rings is 2. The Hall–Kier alpha value is -2.67. The third kappa shape index (κ3) is 6.86. The van der Waals surface area contributed by atoms with Crippen LogP contribution < -0.4 is 15.4 Å². The normalized spacial score (nSPS) is 10.2. The van der Waals surface area contributed by atoms with Crippen LogP contribution in [0.5, 0.6) is 5.75 Å². The van der Waals surface area contributed by atoms with E-state index in [1.165, 1.54) is 4.90 Å². The Morgan fingerprint density at radius 3 is 2.33 bits per heavy atom. The average molecular weight is 388 g/mol. The molecular weight excluding hydrogens is 362 g/mol. The summed E-state index contributed by atoms with van der Waals surface area (Å²) in [6.45, 7) is 2.92. The van der Waals surface area contributed by atoms with Gasteiger partial charge in [0.15, 0.2) is 6.61 Å². The average Bonchev–Trinajstić information content (AvgIpc) is 2.68. The minimum atomic E-state index is -0.195. The van der Waals surface area contributed by atoms with Crippen molar-refractivity contribution in [3.05, 3.63) is 54.1 Å². The molecule has 0 aliphatic carbocycles. The second-order valence-electron chi connectivity index (χ2n) is 5.90. The van der Waals surface area contributed by atoms with E-state index in [1.807, 2.05) is 37.4 Å². The molecule has 0 saturated heterocycles. The van der Waals surface area contributed by atoms with Crippen molar-refractivity contribution in [2.45, 2.75) is 18.4 Å². The van der Waals surface area contributed by atoms with Crippen LogP contribution in [0.25, 0.3) is 0 Å². The molecule has 2 aromatic rings. The van der Waals surface area contributed by atoms with Gasteiger partial charge in [0.05, 0.1) is 0 Å². The number of carbonyl (C=O) groups excluding carboxylic acids is 2. The van der Waals surface area contributed by atoms with Gasteiger partial charge in [-0.3, -0.25) is 4.79 Å². The van der Waals surface area contributed by atoms with Crippen LogP contribution in [0.4, 0.5) is 10.5 Å². The first-order chi connectivity index (χ1) is 13.0. The summed E-state index contributed by atoms with van der Waals surface area (Å²) in [6.07, 6.45) is 2.03. The smallest absolute Gasteiger partial charge is 0.321 e. The van der Waals surface area contributed by atoms with Gasteiger partial charge >= 0.3 is 6.03 Å². The molecule has 0 atom stereocenters. The fourth-order valence-corrected chi connectivity index (χ4v) is 2.74. The molecule has 27 heavy (non-hydrogen) atoms. The summed E-state index contributed by atoms with van der Waals surface area (Å²) in [5.74, 6) is 0.406. The summed E-state index contributed by atoms with van der Waals surface area (Å²) in [7, 11) is 1.75. The van der Waals surface area contributed by atoms with Gasteiger partial charge < -0.3 is 20.3 Å². The molecule has 2 aromatic carbocycles. The molecule has 144 valence electrons. The Balaban J connectivity index is 1.84. The first-order valence-corrected chi connectivity index (χ1v) is 9.89. The number of thioether (sulfide) groups is 1. The lowest BCUT2D eigenvalue weighted by Gasteiger charge is -2.18. The molecule has 3 amide bonds. The van der Waals surface area contributed by atoms with Gasteiger partial charge in [-0.25, -0.2) is 4.79 Å². The second-order valence-corrected chi connectivity index (χ2v) is 6.78. The van der Waals surface area contributed by atoms with E-state index in [1.54, 1.807) is 48.0 Å². The van der Waals surface area contributed by atoms with Crippen molar-refractivity contribution in [3.63, 3.8) is 0 Å². The van der Waals surface area contributed by atoms with E-state index in [4.69, 9.17) is 4.74 Å². The van der Waals surface area contributed by atoms with Crippen molar-refractivity contribution in [1.29, 1.82) is 0 Å². The molecule has 0 aliphatic rings. The Morgan fingerprint density at radius 1 is 1.07 bits per heavy atom. The van der Waals surface area contributed by atoms with Crippen LogP contribution in [-0.2, 0) is 11.3 Å². The quantitative estimate of drug-likeness (QED) is 0.679. The molecule has 7 heteroatoms. The van der Waals surface area contributed by atoms with Gasteiger partial charge in [0, 0.05) is 30.7 Å². The summed E-state index contributed by atoms with van der Waals surface area (Å²) in [6, 6.07) is 14.9. The van der Waals surface area contributed by atoms with Gasteiger partial charge in [0.25, 0.3) is 5.91 Å². The second kappa shape index (κ2) is 10.5. The van der Waals surface area contributed by atoms with Crippen molar-refractivity contribution in [2.75, 3.05) is 31.8 Å². The molecular formula is C20H25N3O3S. The van der Waals surface area contributed by atoms with Gasteiger partial charge in [-0.15, -0.1) is 11.8 Å². The molecule has 0 radical (unpaired) electrons. The zero-order valence-electron chi connectivity index (χ0n) is 15.8. The highest BCUT2D eigenvalue weighted by molar-refractivity contribution is 7.98. The van der Waals surface area contributed by atoms with Crippen LogP contribution >= 0.6 is 11.8 Å². The minimum Gasteiger partial charge on any atom is -0.484 e. The van der Waals surface area contributed by atoms with E-state index < -0.39 is 0 Å². The van der Waals surface area contributed by atoms with Crippen molar-refractivity contribution in [1.82, 2.24) is 10.2 Å². The number of hydrogen-bond acceptors (Lipinski definition) is 4. The Labute approximate surface area is 164 Å². The molecule has 2 N–H and O–H groups in total. The maximum atomic E-state index is 12.3. The van der Waals surface area contributed by atoms with Gasteiger partial charge in [-0.1, -0.05) is 12.1 Å². The van der Waals surface area contributed by atoms with Crippen molar-refractivity contribution in [2.24, 2.45) is 0 Å². The number of hydrogen-bond donors (Lipinski definition) is 2. The van der Waals surface area contributed by atoms with Crippen LogP contribution in [0.3, 0.4) is 0 Å². The minimum absolute atomic E-state index is 0.0301. The van der Waals surface area contributed by atoms with Crippen LogP contribution in [-0.4, -0.2) is 43.3 Å². The van der Waals surface area contributed by atoms with Crippen molar-refractivity contribution >= 4 is 29.4 Å². The molecule has 0 aliphatic heterocycles. The van der Waals surface area contributed by atoms with E-state index in [0.717, 1.165) is 5.56 Å². The van der Waals surface area contributed by atoms with E-state index in [9.17, 15) is 9.59 Å². The van der Waals surface area contributed by atoms with Crippen LogP contribution in [0.15, 0.2) is 53.4 Å². The fourth-order valence-electron chi connectivity index (χ4n) is 2.33. The number of anilines is 1. The zero-order chi connectivity index (χ0) is 19.6. The standard InChI is InChI=1S/C20H25N3O3S/c1-4-21-19(24)14-26-17-9-7-16(8-10-17)22-20(25)23(2)13-15-5-11-18(27-3)12-6-15/h5-12H,4,13-14H2,1-3H3,(H,21,24)(H,22,25). The molecule has 2 rings (SSSR count). The summed E-state index contributed by atoms with van der Waals surface area (Å²) < 4.78 is 5.39. The third-order valence-corrected chi connectivity index (χ3v) is 4.52. The highest BCUT2D eigenvalue weighted by Crippen LogP contribution is 2.17. The molecule has 0 unspecified atom stereocenters. The van der Waals surface area contributed by atoms with Crippen LogP contribution in [0.1, 0.15) is 12.5 Å². The fraction of sp³-hybridized carbons (Fsp3) is 0.300. The summed E-state index contributed by atoms with van der Waals surface area (Å²) >= 11 is 1.69. The number of amides is 3. The number of ether oxygens (including phenoxy) is 1. The number of carbonyl (C=O) groups is 2. The topological polar surface area (TPSA) is 70.7 Å². The highest BCUT2D eigenvalue weighted by atomic mass is 32.2. The molecule has 0 bridgehead atoms. The van der Waals surface area contributed by atoms with E-state index in [-0.39, 0.29) is 18.5 Å². The number of rotatable bonds is 8. The predicted molar refractivity (Wildman–Crippen MR) is 109 cm³/mol. The maximum Gasteiger partial charge on any atom is 0.321 e. The number of nitrogens with one attached hydrogen (secondary N) is 2. The van der Waals surface area contributed by atoms with Gasteiger partial charge in [-0.05, 0) is 55.1 Å². The largest absolute Gasteiger partial charge is 0.484 e. The van der Waals surface area contributed by atoms with Gasteiger partial charge in [0.2, 0.25) is 0 Å². The summed E-state index contributed by atoms with van der Waals surface area (Å²) in [5.41, 5.74) is 1.73. The predicted octanol–water partition coefficient (Wildman–Crippen LogP) is 3.59. The lowest BCUT2D eigenvalue weighted by atomic mass is 10.2. The van der Waals surface area contributed by atoms with Crippen molar-refractivity contribution < 1.29 is 14.3 Å². The SMILES string of the molecule is CCNC(=O)COc1ccc(NC(=O)N(C)Cc2ccc(SC)cc2)cc1. The van der Waals surface area contributed by atoms with Crippen LogP contribution in [0.2, 0.25) is 0 Å². The monoisotopic (exact) mass is 387 g/mol. The Morgan fingerprint density at radius 2 is 1.74 bits per heavy atom. The molecule has 0 aromatic heterocycles. The highest BCUT2D eigenvalue weighted by Gasteiger charge is 2.10. The van der Waals surface area contributed by atoms with Crippen LogP contribution in [0, 0.1) is 0 Å². The van der Waals surface area contributed by atoms with Crippen molar-refractivity contribution in [3.8, 4) is 5.75 Å². The first-order valence-electron chi connectivity index (χ1n) is 8.66. The number of nitrogens with zero attached hydrogens (tertiary/aromatic N) is 1. The lowest BCUT2D eigenvalue weighted by Crippen LogP contribution is -2.30. The van der Waals surface area contributed by atoms with E-state index in [0.29, 0.717) is 24.5 Å². The molecule has 0 heterocycles. The van der Waals surface area contributed by atoms with E-state index in [2.05, 4.69) is 10.6 Å². The number of urea groups is 1. The Kier molecular flexibility index (Phi) is 8.00. The van der Waals surface area contributed by atoms with Gasteiger partial charge in [-0.2, -0.15) is 0 Å². The zero-order valence-corrected chi connectivity index (χ0v) is 16.6. The molecule has 0 saturated carbocycles. The van der Waals surface area contributed by atoms with Gasteiger partial charge in [0.1, 0.15) is 5.75 Å². The molecule has 0 fully saturated rings. The maximum absolute atomic E-state index is 12.3. The summed E-state index contributed by atoms with van der Waals surface area (Å²) in [4.78, 5) is 26.5. The number of likely N-dealkylation sites (N-methyl/N-ethyl adjacent to an activating group) is 1. The molecule has 0 spiro atoms.